The Hall–Kier alpha value is -2.89. The van der Waals surface area contributed by atoms with Gasteiger partial charge in [-0.05, 0) is 72.8 Å². The van der Waals surface area contributed by atoms with Crippen LogP contribution in [0.5, 0.6) is 17.2 Å². The minimum atomic E-state index is -6.09. The number of alkyl halides is 3. The Morgan fingerprint density at radius 2 is 1.06 bits per heavy atom. The third-order valence-electron chi connectivity index (χ3n) is 3.72. The fraction of sp³-hybridized carbons (Fsp3) is 0.100. The molecule has 3 aromatic rings. The first-order chi connectivity index (χ1) is 14.4. The van der Waals surface area contributed by atoms with Crippen LogP contribution < -0.4 is 4.74 Å². The quantitative estimate of drug-likeness (QED) is 0.333. The van der Waals surface area contributed by atoms with Crippen LogP contribution in [0.1, 0.15) is 0 Å². The molecular formula is C20H17F3O6S2. The number of ether oxygens (including phenoxy) is 1. The molecule has 3 aromatic carbocycles. The molecule has 0 heterocycles. The average molecular weight is 474 g/mol. The maximum absolute atomic E-state index is 10.7. The molecule has 0 bridgehead atoms. The van der Waals surface area contributed by atoms with Crippen molar-refractivity contribution in [3.05, 3.63) is 72.8 Å². The molecule has 166 valence electrons. The van der Waals surface area contributed by atoms with E-state index in [1.807, 2.05) is 48.5 Å². The molecule has 0 unspecified atom stereocenters. The zero-order valence-electron chi connectivity index (χ0n) is 15.9. The lowest BCUT2D eigenvalue weighted by Crippen LogP contribution is -2.21. The van der Waals surface area contributed by atoms with Gasteiger partial charge in [-0.2, -0.15) is 13.2 Å². The van der Waals surface area contributed by atoms with E-state index in [9.17, 15) is 23.4 Å². The van der Waals surface area contributed by atoms with Crippen molar-refractivity contribution in [2.45, 2.75) is 20.2 Å². The predicted molar refractivity (Wildman–Crippen MR) is 107 cm³/mol. The summed E-state index contributed by atoms with van der Waals surface area (Å²) in [6, 6.07) is 22.4. The van der Waals surface area contributed by atoms with E-state index in [2.05, 4.69) is 0 Å². The molecular weight excluding hydrogens is 457 g/mol. The molecule has 0 aliphatic carbocycles. The van der Waals surface area contributed by atoms with Gasteiger partial charge in [-0.15, -0.1) is 0 Å². The first-order valence-electron chi connectivity index (χ1n) is 8.41. The van der Waals surface area contributed by atoms with E-state index in [0.717, 1.165) is 20.4 Å². The van der Waals surface area contributed by atoms with Gasteiger partial charge in [0, 0.05) is 0 Å². The first-order valence-corrected chi connectivity index (χ1v) is 11.0. The molecule has 2 N–H and O–H groups in total. The number of benzene rings is 3. The van der Waals surface area contributed by atoms with Gasteiger partial charge in [0.25, 0.3) is 0 Å². The van der Waals surface area contributed by atoms with Crippen molar-refractivity contribution in [3.8, 4) is 17.2 Å². The largest absolute Gasteiger partial charge is 0.741 e. The minimum Gasteiger partial charge on any atom is -0.741 e. The molecule has 0 radical (unpaired) electrons. The van der Waals surface area contributed by atoms with Gasteiger partial charge in [0.1, 0.15) is 17.2 Å². The van der Waals surface area contributed by atoms with Crippen LogP contribution in [-0.2, 0) is 21.0 Å². The summed E-state index contributed by atoms with van der Waals surface area (Å²) in [4.78, 5) is 3.33. The molecule has 11 heteroatoms. The van der Waals surface area contributed by atoms with E-state index in [4.69, 9.17) is 17.7 Å². The van der Waals surface area contributed by atoms with Crippen LogP contribution in [0.25, 0.3) is 0 Å². The Morgan fingerprint density at radius 1 is 0.774 bits per heavy atom. The van der Waals surface area contributed by atoms with Gasteiger partial charge in [0.15, 0.2) is 24.8 Å². The maximum atomic E-state index is 10.7. The standard InChI is InChI=1S/C19H16O3S.CHF3O3S/c1-22-16-6-12-19(13-7-16)23(17-8-2-14(20)3-9-17)18-10-4-15(21)5-11-18;2-1(3,4)8(5,6)7/h2-13H,1H3,(H-,20,21);(H,5,6,7). The van der Waals surface area contributed by atoms with E-state index in [1.54, 1.807) is 31.4 Å². The van der Waals surface area contributed by atoms with Crippen molar-refractivity contribution in [3.63, 3.8) is 0 Å². The molecule has 0 saturated heterocycles. The van der Waals surface area contributed by atoms with Crippen molar-refractivity contribution in [2.75, 3.05) is 7.11 Å². The molecule has 3 rings (SSSR count). The second kappa shape index (κ2) is 9.94. The fourth-order valence-electron chi connectivity index (χ4n) is 2.28. The maximum Gasteiger partial charge on any atom is 0.485 e. The van der Waals surface area contributed by atoms with E-state index < -0.39 is 15.6 Å². The van der Waals surface area contributed by atoms with Crippen molar-refractivity contribution in [1.29, 1.82) is 0 Å². The minimum absolute atomic E-state index is 0.248. The summed E-state index contributed by atoms with van der Waals surface area (Å²) >= 11 is 0. The number of phenols is 2. The summed E-state index contributed by atoms with van der Waals surface area (Å²) in [5.74, 6) is 1.31. The van der Waals surface area contributed by atoms with Crippen LogP contribution in [0.2, 0.25) is 0 Å². The van der Waals surface area contributed by atoms with Gasteiger partial charge < -0.3 is 19.5 Å². The smallest absolute Gasteiger partial charge is 0.485 e. The highest BCUT2D eigenvalue weighted by atomic mass is 32.2. The summed E-state index contributed by atoms with van der Waals surface area (Å²) in [5.41, 5.74) is -5.65. The van der Waals surface area contributed by atoms with Crippen LogP contribution >= 0.6 is 0 Å². The summed E-state index contributed by atoms with van der Waals surface area (Å²) in [7, 11) is -4.76. The number of methoxy groups -OCH3 is 1. The molecule has 0 aliphatic rings. The number of hydrogen-bond donors (Lipinski definition) is 2. The monoisotopic (exact) mass is 474 g/mol. The number of rotatable bonds is 4. The van der Waals surface area contributed by atoms with Gasteiger partial charge in [-0.25, -0.2) is 8.42 Å². The van der Waals surface area contributed by atoms with Crippen molar-refractivity contribution in [2.24, 2.45) is 0 Å². The molecule has 0 aromatic heterocycles. The Kier molecular flexibility index (Phi) is 7.82. The lowest BCUT2D eigenvalue weighted by molar-refractivity contribution is -0.0517. The Balaban J connectivity index is 0.000000366. The van der Waals surface area contributed by atoms with Gasteiger partial charge in [0.2, 0.25) is 0 Å². The summed E-state index contributed by atoms with van der Waals surface area (Å²) in [6.45, 7) is 0. The molecule has 0 saturated carbocycles. The van der Waals surface area contributed by atoms with Gasteiger partial charge >= 0.3 is 5.51 Å². The third kappa shape index (κ3) is 6.81. The van der Waals surface area contributed by atoms with Crippen LogP contribution in [0.15, 0.2) is 87.5 Å². The Bertz CT molecular complexity index is 1040. The first kappa shape index (κ1) is 24.4. The SMILES string of the molecule is COc1ccc([S+](c2ccc(O)cc2)c2ccc(O)cc2)cc1.O=S(=O)([O-])C(F)(F)F. The van der Waals surface area contributed by atoms with E-state index in [1.165, 1.54) is 0 Å². The second-order valence-corrected chi connectivity index (χ2v) is 9.27. The lowest BCUT2D eigenvalue weighted by atomic mass is 10.3. The zero-order valence-corrected chi connectivity index (χ0v) is 17.5. The molecule has 0 spiro atoms. The van der Waals surface area contributed by atoms with Crippen LogP contribution in [-0.4, -0.2) is 35.8 Å². The highest BCUT2D eigenvalue weighted by Crippen LogP contribution is 2.33. The fourth-order valence-corrected chi connectivity index (χ4v) is 4.33. The Labute approximate surface area is 179 Å². The van der Waals surface area contributed by atoms with E-state index in [0.29, 0.717) is 0 Å². The number of phenolic OH excluding ortho intramolecular Hbond substituents is 2. The average Bonchev–Trinajstić information content (AvgIpc) is 2.70. The van der Waals surface area contributed by atoms with Gasteiger partial charge in [-0.3, -0.25) is 0 Å². The lowest BCUT2D eigenvalue weighted by Gasteiger charge is -2.09. The second-order valence-electron chi connectivity index (χ2n) is 5.87. The van der Waals surface area contributed by atoms with Crippen molar-refractivity contribution >= 4 is 21.0 Å². The summed E-state index contributed by atoms with van der Waals surface area (Å²) in [5, 5.41) is 19.1. The number of aromatic hydroxyl groups is 2. The highest BCUT2D eigenvalue weighted by molar-refractivity contribution is 7.97. The number of halogens is 3. The molecule has 0 amide bonds. The third-order valence-corrected chi connectivity index (χ3v) is 6.52. The van der Waals surface area contributed by atoms with Gasteiger partial charge in [-0.1, -0.05) is 0 Å². The van der Waals surface area contributed by atoms with Crippen molar-refractivity contribution in [1.82, 2.24) is 0 Å². The molecule has 0 atom stereocenters. The molecule has 6 nitrogen and oxygen atoms in total. The Morgan fingerprint density at radius 3 is 1.32 bits per heavy atom. The van der Waals surface area contributed by atoms with Gasteiger partial charge in [0.05, 0.1) is 18.0 Å². The molecule has 31 heavy (non-hydrogen) atoms. The predicted octanol–water partition coefficient (Wildman–Crippen LogP) is 4.25. The summed E-state index contributed by atoms with van der Waals surface area (Å²) < 4.78 is 64.1. The van der Waals surface area contributed by atoms with Crippen LogP contribution in [0.3, 0.4) is 0 Å². The topological polar surface area (TPSA) is 107 Å². The highest BCUT2D eigenvalue weighted by Gasteiger charge is 2.37. The normalized spacial score (nSPS) is 11.5. The van der Waals surface area contributed by atoms with E-state index >= 15 is 0 Å². The summed E-state index contributed by atoms with van der Waals surface area (Å²) in [6.07, 6.45) is 0. The number of hydrogen-bond acceptors (Lipinski definition) is 6. The zero-order chi connectivity index (χ0) is 23.2. The van der Waals surface area contributed by atoms with Crippen LogP contribution in [0, 0.1) is 0 Å². The molecule has 0 aliphatic heterocycles. The van der Waals surface area contributed by atoms with Crippen LogP contribution in [0.4, 0.5) is 13.2 Å². The van der Waals surface area contributed by atoms with Crippen molar-refractivity contribution < 1.29 is 41.1 Å². The van der Waals surface area contributed by atoms with E-state index in [-0.39, 0.29) is 22.4 Å². The molecule has 0 fully saturated rings.